The highest BCUT2D eigenvalue weighted by Gasteiger charge is 2.31. The summed E-state index contributed by atoms with van der Waals surface area (Å²) in [4.78, 5) is 35.7. The van der Waals surface area contributed by atoms with Crippen molar-refractivity contribution < 1.29 is 18.7 Å². The number of rotatable bonds is 7. The molecule has 2 aromatic heterocycles. The molecule has 10 heteroatoms. The van der Waals surface area contributed by atoms with Crippen LogP contribution in [0, 0.1) is 5.82 Å². The van der Waals surface area contributed by atoms with Crippen molar-refractivity contribution in [3.63, 3.8) is 0 Å². The van der Waals surface area contributed by atoms with Crippen LogP contribution < -0.4 is 15.5 Å². The second kappa shape index (κ2) is 13.8. The molecule has 0 spiro atoms. The largest absolute Gasteiger partial charge is 0.451 e. The zero-order valence-corrected chi connectivity index (χ0v) is 28.1. The van der Waals surface area contributed by atoms with Crippen LogP contribution in [0.25, 0.3) is 27.7 Å². The van der Waals surface area contributed by atoms with Crippen LogP contribution in [0.3, 0.4) is 0 Å². The van der Waals surface area contributed by atoms with Crippen LogP contribution >= 0.6 is 0 Å². The number of nitrogens with one attached hydrogen (secondary N) is 1. The maximum Gasteiger partial charge on any atom is 0.259 e. The summed E-state index contributed by atoms with van der Waals surface area (Å²) < 4.78 is 28.8. The second-order valence-corrected chi connectivity index (χ2v) is 12.5. The van der Waals surface area contributed by atoms with Gasteiger partial charge in [-0.3, -0.25) is 19.5 Å². The zero-order valence-electron chi connectivity index (χ0n) is 28.1. The highest BCUT2D eigenvalue weighted by molar-refractivity contribution is 6.01. The molecule has 1 fully saturated rings. The number of hydrogen-bond donors (Lipinski definition) is 1. The molecule has 9 nitrogen and oxygen atoms in total. The van der Waals surface area contributed by atoms with Gasteiger partial charge < -0.3 is 24.3 Å². The van der Waals surface area contributed by atoms with Gasteiger partial charge in [0.15, 0.2) is 17.3 Å². The lowest BCUT2D eigenvalue weighted by Crippen LogP contribution is -2.35. The summed E-state index contributed by atoms with van der Waals surface area (Å²) in [5, 5.41) is 3.15. The van der Waals surface area contributed by atoms with Gasteiger partial charge in [-0.1, -0.05) is 37.3 Å². The van der Waals surface area contributed by atoms with Crippen molar-refractivity contribution in [1.29, 1.82) is 0 Å². The Morgan fingerprint density at radius 3 is 2.55 bits per heavy atom. The average Bonchev–Trinajstić information content (AvgIpc) is 3.50. The molecule has 1 amide bonds. The van der Waals surface area contributed by atoms with E-state index in [1.165, 1.54) is 23.1 Å². The number of anilines is 1. The highest BCUT2D eigenvalue weighted by Crippen LogP contribution is 2.48. The fraction of sp³-hybridized carbons (Fsp3) is 0.308. The number of nitrogens with zero attached hydrogens (tertiary/aromatic N) is 4. The number of amides is 1. The Morgan fingerprint density at radius 1 is 1.02 bits per heavy atom. The van der Waals surface area contributed by atoms with E-state index >= 15 is 4.39 Å². The molecule has 2 aliphatic heterocycles. The zero-order chi connectivity index (χ0) is 34.1. The number of morpholine rings is 1. The first-order chi connectivity index (χ1) is 23.9. The molecule has 3 aromatic carbocycles. The Labute approximate surface area is 284 Å². The summed E-state index contributed by atoms with van der Waals surface area (Å²) in [6, 6.07) is 19.1. The first kappa shape index (κ1) is 32.5. The molecular weight excluding hydrogens is 621 g/mol. The van der Waals surface area contributed by atoms with Gasteiger partial charge in [0.25, 0.3) is 5.91 Å². The number of fused-ring (bicyclic) bond motifs is 5. The maximum atomic E-state index is 15.5. The summed E-state index contributed by atoms with van der Waals surface area (Å²) >= 11 is 0. The summed E-state index contributed by atoms with van der Waals surface area (Å²) in [6.07, 6.45) is 4.59. The highest BCUT2D eigenvalue weighted by atomic mass is 19.1. The topological polar surface area (TPSA) is 88.9 Å². The lowest BCUT2D eigenvalue weighted by atomic mass is 10.0. The SMILES string of the molecule is CCN1CCOCC1.CCNc1c(F)cc2c(=O)c(C(=O)N(C)CCc3ccccn3)cn3c2c1Oc1cc2c(cc1-3)-c1ccccc1C2. The number of pyridine rings is 2. The minimum Gasteiger partial charge on any atom is -0.451 e. The number of ether oxygens (including phenoxy) is 2. The van der Waals surface area contributed by atoms with E-state index in [4.69, 9.17) is 9.47 Å². The van der Waals surface area contributed by atoms with Crippen LogP contribution in [0.1, 0.15) is 41.0 Å². The molecule has 5 aromatic rings. The van der Waals surface area contributed by atoms with Crippen LogP contribution in [0.4, 0.5) is 10.1 Å². The number of carbonyl (C=O) groups excluding carboxylic acids is 1. The Morgan fingerprint density at radius 2 is 1.82 bits per heavy atom. The summed E-state index contributed by atoms with van der Waals surface area (Å²) in [6.45, 7) is 10.2. The third-order valence-corrected chi connectivity index (χ3v) is 9.45. The van der Waals surface area contributed by atoms with Crippen LogP contribution in [-0.4, -0.2) is 78.2 Å². The van der Waals surface area contributed by atoms with E-state index in [0.29, 0.717) is 36.5 Å². The van der Waals surface area contributed by atoms with Gasteiger partial charge in [0.2, 0.25) is 5.43 Å². The molecule has 252 valence electrons. The molecule has 8 rings (SSSR count). The molecule has 3 aliphatic rings. The van der Waals surface area contributed by atoms with Gasteiger partial charge in [-0.25, -0.2) is 4.39 Å². The van der Waals surface area contributed by atoms with E-state index in [9.17, 15) is 9.59 Å². The molecule has 0 atom stereocenters. The lowest BCUT2D eigenvalue weighted by Gasteiger charge is -2.27. The first-order valence-corrected chi connectivity index (χ1v) is 16.9. The van der Waals surface area contributed by atoms with E-state index in [2.05, 4.69) is 34.3 Å². The van der Waals surface area contributed by atoms with Crippen molar-refractivity contribution in [1.82, 2.24) is 19.4 Å². The number of hydrogen-bond acceptors (Lipinski definition) is 7. The summed E-state index contributed by atoms with van der Waals surface area (Å²) in [5.74, 6) is -0.262. The van der Waals surface area contributed by atoms with Crippen molar-refractivity contribution in [3.05, 3.63) is 111 Å². The van der Waals surface area contributed by atoms with Crippen LogP contribution in [0.2, 0.25) is 0 Å². The quantitative estimate of drug-likeness (QED) is 0.215. The Hall–Kier alpha value is -5.06. The van der Waals surface area contributed by atoms with Gasteiger partial charge in [-0.15, -0.1) is 0 Å². The number of aromatic nitrogens is 2. The molecule has 0 unspecified atom stereocenters. The number of benzene rings is 3. The number of halogens is 1. The van der Waals surface area contributed by atoms with Crippen LogP contribution in [0.15, 0.2) is 77.9 Å². The fourth-order valence-corrected chi connectivity index (χ4v) is 6.79. The van der Waals surface area contributed by atoms with Gasteiger partial charge in [-0.05, 0) is 72.5 Å². The summed E-state index contributed by atoms with van der Waals surface area (Å²) in [5.41, 5.74) is 6.14. The van der Waals surface area contributed by atoms with Crippen LogP contribution in [0.5, 0.6) is 11.5 Å². The van der Waals surface area contributed by atoms with E-state index in [1.54, 1.807) is 19.4 Å². The van der Waals surface area contributed by atoms with E-state index in [1.807, 2.05) is 54.0 Å². The minimum absolute atomic E-state index is 0.0312. The molecule has 1 saturated heterocycles. The number of carbonyl (C=O) groups is 1. The molecular formula is C39H40FN5O4. The Kier molecular flexibility index (Phi) is 9.16. The van der Waals surface area contributed by atoms with E-state index in [0.717, 1.165) is 55.1 Å². The fourth-order valence-electron chi connectivity index (χ4n) is 6.79. The van der Waals surface area contributed by atoms with Crippen molar-refractivity contribution >= 4 is 22.5 Å². The third-order valence-electron chi connectivity index (χ3n) is 9.45. The monoisotopic (exact) mass is 661 g/mol. The predicted molar refractivity (Wildman–Crippen MR) is 190 cm³/mol. The minimum atomic E-state index is -0.608. The van der Waals surface area contributed by atoms with Gasteiger partial charge in [0, 0.05) is 57.7 Å². The van der Waals surface area contributed by atoms with Crippen molar-refractivity contribution in [2.75, 3.05) is 58.3 Å². The molecule has 0 bridgehead atoms. The standard InChI is InChI=1S/C33H27FN4O3.C6H13NO/c1-3-35-29-26(34)16-24-30-32(29)41-28-15-20-14-19-8-4-5-10-22(19)23(20)17-27(28)38(30)18-25(31(24)39)33(40)37(2)13-11-21-9-6-7-12-36-21;1-2-7-3-5-8-6-4-7/h4-10,12,15-18,35H,3,11,13-14H2,1-2H3;2-6H2,1H3. The van der Waals surface area contributed by atoms with E-state index in [-0.39, 0.29) is 22.4 Å². The second-order valence-electron chi connectivity index (χ2n) is 12.5. The lowest BCUT2D eigenvalue weighted by molar-refractivity contribution is 0.0405. The van der Waals surface area contributed by atoms with Gasteiger partial charge >= 0.3 is 0 Å². The molecule has 4 heterocycles. The molecule has 1 N–H and O–H groups in total. The third kappa shape index (κ3) is 6.18. The molecule has 1 aliphatic carbocycles. The van der Waals surface area contributed by atoms with Crippen molar-refractivity contribution in [2.24, 2.45) is 0 Å². The van der Waals surface area contributed by atoms with Crippen molar-refractivity contribution in [3.8, 4) is 28.3 Å². The summed E-state index contributed by atoms with van der Waals surface area (Å²) in [7, 11) is 1.66. The Bertz CT molecular complexity index is 2090. The normalized spacial score (nSPS) is 14.2. The van der Waals surface area contributed by atoms with E-state index < -0.39 is 17.2 Å². The average molecular weight is 662 g/mol. The smallest absolute Gasteiger partial charge is 0.259 e. The van der Waals surface area contributed by atoms with Gasteiger partial charge in [0.1, 0.15) is 16.8 Å². The van der Waals surface area contributed by atoms with Crippen molar-refractivity contribution in [2.45, 2.75) is 26.7 Å². The molecule has 0 radical (unpaired) electrons. The predicted octanol–water partition coefficient (Wildman–Crippen LogP) is 6.29. The molecule has 49 heavy (non-hydrogen) atoms. The van der Waals surface area contributed by atoms with Gasteiger partial charge in [-0.2, -0.15) is 0 Å². The first-order valence-electron chi connectivity index (χ1n) is 16.9. The maximum absolute atomic E-state index is 15.5. The molecule has 0 saturated carbocycles. The Balaban J connectivity index is 0.000000417. The van der Waals surface area contributed by atoms with Gasteiger partial charge in [0.05, 0.1) is 24.3 Å². The number of likely N-dealkylation sites (N-methyl/N-ethyl adjacent to an activating group) is 2. The van der Waals surface area contributed by atoms with Crippen LogP contribution in [-0.2, 0) is 17.6 Å².